The van der Waals surface area contributed by atoms with Gasteiger partial charge in [-0.05, 0) is 48.0 Å². The lowest BCUT2D eigenvalue weighted by atomic mass is 10.0. The molecule has 9 nitrogen and oxygen atoms in total. The molecule has 2 aromatic heterocycles. The van der Waals surface area contributed by atoms with Crippen molar-refractivity contribution in [1.29, 1.82) is 0 Å². The molecule has 2 aliphatic rings. The Hall–Kier alpha value is -3.76. The Morgan fingerprint density at radius 2 is 1.89 bits per heavy atom. The van der Waals surface area contributed by atoms with Crippen molar-refractivity contribution in [3.63, 3.8) is 0 Å². The Morgan fingerprint density at radius 3 is 2.71 bits per heavy atom. The number of thioether (sulfide) groups is 1. The van der Waals surface area contributed by atoms with Crippen molar-refractivity contribution in [2.24, 2.45) is 5.10 Å². The predicted molar refractivity (Wildman–Crippen MR) is 127 cm³/mol. The van der Waals surface area contributed by atoms with Crippen LogP contribution in [0.15, 0.2) is 80.0 Å². The summed E-state index contributed by atoms with van der Waals surface area (Å²) in [7, 11) is 0. The van der Waals surface area contributed by atoms with Crippen molar-refractivity contribution in [3.05, 3.63) is 77.2 Å². The molecule has 1 amide bonds. The van der Waals surface area contributed by atoms with Gasteiger partial charge in [0.05, 0.1) is 17.7 Å². The van der Waals surface area contributed by atoms with Crippen LogP contribution in [0.4, 0.5) is 0 Å². The predicted octanol–water partition coefficient (Wildman–Crippen LogP) is 5.18. The summed E-state index contributed by atoms with van der Waals surface area (Å²) >= 11 is 7.17. The number of carbonyl (C=O) groups excluding carboxylic acids is 1. The maximum Gasteiger partial charge on any atom is 0.277 e. The molecule has 0 saturated heterocycles. The van der Waals surface area contributed by atoms with Gasteiger partial charge in [-0.25, -0.2) is 5.01 Å². The molecule has 0 bridgehead atoms. The molecule has 4 heterocycles. The fourth-order valence-corrected chi connectivity index (χ4v) is 4.61. The van der Waals surface area contributed by atoms with Crippen molar-refractivity contribution in [3.8, 4) is 23.0 Å². The van der Waals surface area contributed by atoms with E-state index in [0.29, 0.717) is 40.2 Å². The maximum atomic E-state index is 13.2. The quantitative estimate of drug-likeness (QED) is 0.328. The molecule has 1 atom stereocenters. The van der Waals surface area contributed by atoms with E-state index in [9.17, 15) is 4.79 Å². The third-order valence-electron chi connectivity index (χ3n) is 5.56. The van der Waals surface area contributed by atoms with Crippen LogP contribution >= 0.6 is 23.4 Å². The highest BCUT2D eigenvalue weighted by Crippen LogP contribution is 2.37. The molecule has 0 spiro atoms. The third kappa shape index (κ3) is 4.38. The van der Waals surface area contributed by atoms with Crippen molar-refractivity contribution < 1.29 is 23.1 Å². The number of ether oxygens (including phenoxy) is 2. The van der Waals surface area contributed by atoms with Crippen LogP contribution in [0.1, 0.15) is 23.8 Å². The second-order valence-corrected chi connectivity index (χ2v) is 9.12. The van der Waals surface area contributed by atoms with Gasteiger partial charge in [0.1, 0.15) is 11.8 Å². The molecule has 1 unspecified atom stereocenters. The number of hydrogen-bond donors (Lipinski definition) is 0. The maximum absolute atomic E-state index is 13.2. The molecule has 0 radical (unpaired) electrons. The van der Waals surface area contributed by atoms with E-state index in [2.05, 4.69) is 15.3 Å². The minimum Gasteiger partial charge on any atom is -0.467 e. The van der Waals surface area contributed by atoms with Crippen LogP contribution in [0, 0.1) is 0 Å². The lowest BCUT2D eigenvalue weighted by Gasteiger charge is -2.19. The first-order valence-electron chi connectivity index (χ1n) is 10.7. The first-order chi connectivity index (χ1) is 17.1. The number of furan rings is 1. The summed E-state index contributed by atoms with van der Waals surface area (Å²) in [6.07, 6.45) is 2.11. The topological polar surface area (TPSA) is 103 Å². The molecule has 176 valence electrons. The standard InChI is InChI=1S/C24H17ClN4O5S/c25-16-6-3-14(4-7-16)17-11-18(19-2-1-9-31-19)29(28-17)22(30)12-35-24-27-26-23(34-24)15-5-8-20-21(10-15)33-13-32-20/h1-10,18H,11-13H2. The van der Waals surface area contributed by atoms with Gasteiger partial charge in [-0.15, -0.1) is 10.2 Å². The van der Waals surface area contributed by atoms with Gasteiger partial charge >= 0.3 is 0 Å². The molecule has 2 aromatic carbocycles. The van der Waals surface area contributed by atoms with E-state index >= 15 is 0 Å². The largest absolute Gasteiger partial charge is 0.467 e. The first-order valence-corrected chi connectivity index (χ1v) is 12.1. The Morgan fingerprint density at radius 1 is 1.06 bits per heavy atom. The summed E-state index contributed by atoms with van der Waals surface area (Å²) in [5.41, 5.74) is 2.39. The highest BCUT2D eigenvalue weighted by atomic mass is 35.5. The van der Waals surface area contributed by atoms with Gasteiger partial charge in [0.15, 0.2) is 11.5 Å². The van der Waals surface area contributed by atoms with E-state index < -0.39 is 0 Å². The zero-order chi connectivity index (χ0) is 23.8. The summed E-state index contributed by atoms with van der Waals surface area (Å²) in [5.74, 6) is 2.15. The number of hydrazone groups is 1. The lowest BCUT2D eigenvalue weighted by Crippen LogP contribution is -2.28. The number of aromatic nitrogens is 2. The van der Waals surface area contributed by atoms with E-state index in [1.165, 1.54) is 5.01 Å². The highest BCUT2D eigenvalue weighted by Gasteiger charge is 2.35. The normalized spacial score (nSPS) is 16.5. The van der Waals surface area contributed by atoms with Gasteiger partial charge in [-0.3, -0.25) is 4.79 Å². The van der Waals surface area contributed by atoms with Crippen molar-refractivity contribution in [2.45, 2.75) is 17.7 Å². The number of benzene rings is 2. The summed E-state index contributed by atoms with van der Waals surface area (Å²) in [4.78, 5) is 13.2. The molecule has 35 heavy (non-hydrogen) atoms. The van der Waals surface area contributed by atoms with Gasteiger partial charge < -0.3 is 18.3 Å². The lowest BCUT2D eigenvalue weighted by molar-refractivity contribution is -0.130. The zero-order valence-electron chi connectivity index (χ0n) is 18.1. The smallest absolute Gasteiger partial charge is 0.277 e. The average molecular weight is 509 g/mol. The number of carbonyl (C=O) groups is 1. The third-order valence-corrected chi connectivity index (χ3v) is 6.62. The van der Waals surface area contributed by atoms with E-state index in [1.54, 1.807) is 36.6 Å². The van der Waals surface area contributed by atoms with Gasteiger partial charge in [0.2, 0.25) is 12.7 Å². The van der Waals surface area contributed by atoms with Crippen LogP contribution in [-0.4, -0.2) is 39.4 Å². The molecule has 11 heteroatoms. The molecule has 4 aromatic rings. The molecule has 6 rings (SSSR count). The number of halogens is 1. The summed E-state index contributed by atoms with van der Waals surface area (Å²) < 4.78 is 22.1. The summed E-state index contributed by atoms with van der Waals surface area (Å²) in [6.45, 7) is 0.184. The molecule has 0 aliphatic carbocycles. The van der Waals surface area contributed by atoms with E-state index in [4.69, 9.17) is 29.9 Å². The van der Waals surface area contributed by atoms with Crippen molar-refractivity contribution in [1.82, 2.24) is 15.2 Å². The first kappa shape index (κ1) is 21.8. The number of amides is 1. The fraction of sp³-hybridized carbons (Fsp3) is 0.167. The van der Waals surface area contributed by atoms with Crippen LogP contribution in [-0.2, 0) is 4.79 Å². The number of hydrogen-bond acceptors (Lipinski definition) is 9. The van der Waals surface area contributed by atoms with Crippen LogP contribution in [0.2, 0.25) is 5.02 Å². The highest BCUT2D eigenvalue weighted by molar-refractivity contribution is 7.99. The Labute approximate surface area is 208 Å². The molecule has 2 aliphatic heterocycles. The van der Waals surface area contributed by atoms with Gasteiger partial charge in [-0.1, -0.05) is 35.5 Å². The number of fused-ring (bicyclic) bond motifs is 1. The van der Waals surface area contributed by atoms with Crippen molar-refractivity contribution >= 4 is 35.0 Å². The van der Waals surface area contributed by atoms with E-state index in [0.717, 1.165) is 23.0 Å². The minimum absolute atomic E-state index is 0.0668. The SMILES string of the molecule is O=C(CSc1nnc(-c2ccc3c(c2)OCO3)o1)N1N=C(c2ccc(Cl)cc2)CC1c1ccco1. The number of nitrogens with zero attached hydrogens (tertiary/aromatic N) is 4. The molecule has 0 saturated carbocycles. The van der Waals surface area contributed by atoms with Gasteiger partial charge in [0.25, 0.3) is 11.1 Å². The fourth-order valence-electron chi connectivity index (χ4n) is 3.86. The average Bonchev–Trinajstić information content (AvgIpc) is 3.68. The summed E-state index contributed by atoms with van der Waals surface area (Å²) in [5, 5.41) is 15.1. The van der Waals surface area contributed by atoms with Gasteiger partial charge in [0, 0.05) is 17.0 Å². The second-order valence-electron chi connectivity index (χ2n) is 7.76. The Kier molecular flexibility index (Phi) is 5.67. The molecule has 0 fully saturated rings. The molecular weight excluding hydrogens is 492 g/mol. The van der Waals surface area contributed by atoms with Crippen LogP contribution < -0.4 is 9.47 Å². The molecular formula is C24H17ClN4O5S. The Bertz CT molecular complexity index is 1400. The minimum atomic E-state index is -0.337. The van der Waals surface area contributed by atoms with Crippen LogP contribution in [0.3, 0.4) is 0 Å². The number of rotatable bonds is 6. The molecule has 0 N–H and O–H groups in total. The van der Waals surface area contributed by atoms with Crippen LogP contribution in [0.5, 0.6) is 11.5 Å². The van der Waals surface area contributed by atoms with E-state index in [-0.39, 0.29) is 29.7 Å². The Balaban J connectivity index is 1.17. The van der Waals surface area contributed by atoms with Crippen LogP contribution in [0.25, 0.3) is 11.5 Å². The second kappa shape index (κ2) is 9.12. The summed E-state index contributed by atoms with van der Waals surface area (Å²) in [6, 6.07) is 16.1. The van der Waals surface area contributed by atoms with E-state index in [1.807, 2.05) is 24.3 Å². The zero-order valence-corrected chi connectivity index (χ0v) is 19.7. The monoisotopic (exact) mass is 508 g/mol. The van der Waals surface area contributed by atoms with Crippen molar-refractivity contribution in [2.75, 3.05) is 12.5 Å². The van der Waals surface area contributed by atoms with Gasteiger partial charge in [-0.2, -0.15) is 5.10 Å².